The van der Waals surface area contributed by atoms with E-state index >= 15 is 0 Å². The fourth-order valence-corrected chi connectivity index (χ4v) is 4.71. The molecule has 1 aliphatic heterocycles. The van der Waals surface area contributed by atoms with Crippen molar-refractivity contribution in [2.75, 3.05) is 25.7 Å². The molecule has 8 heteroatoms. The number of nitrogens with one attached hydrogen (secondary N) is 1. The maximum absolute atomic E-state index is 13.4. The summed E-state index contributed by atoms with van der Waals surface area (Å²) >= 11 is 0. The van der Waals surface area contributed by atoms with Crippen LogP contribution in [0.4, 0.5) is 5.69 Å². The van der Waals surface area contributed by atoms with Gasteiger partial charge in [0.25, 0.3) is 11.8 Å². The minimum atomic E-state index is -0.586. The fourth-order valence-electron chi connectivity index (χ4n) is 4.71. The van der Waals surface area contributed by atoms with Crippen LogP contribution in [0.15, 0.2) is 65.4 Å². The van der Waals surface area contributed by atoms with Gasteiger partial charge in [0.15, 0.2) is 6.61 Å². The lowest BCUT2D eigenvalue weighted by molar-refractivity contribution is -0.136. The Kier molecular flexibility index (Phi) is 8.28. The van der Waals surface area contributed by atoms with E-state index in [0.717, 1.165) is 25.7 Å². The predicted molar refractivity (Wildman–Crippen MR) is 140 cm³/mol. The summed E-state index contributed by atoms with van der Waals surface area (Å²) in [6.07, 6.45) is 7.22. The number of methoxy groups -OCH3 is 2. The fraction of sp³-hybridized carbons (Fsp3) is 0.345. The molecular weight excluding hydrogens is 472 g/mol. The largest absolute Gasteiger partial charge is 0.497 e. The van der Waals surface area contributed by atoms with Crippen LogP contribution in [0, 0.1) is 0 Å². The molecule has 0 unspecified atom stereocenters. The highest BCUT2D eigenvalue weighted by Crippen LogP contribution is 2.36. The number of nitrogens with zero attached hydrogens (tertiary/aromatic N) is 1. The van der Waals surface area contributed by atoms with Crippen LogP contribution in [0.2, 0.25) is 0 Å². The minimum absolute atomic E-state index is 0.0549. The first kappa shape index (κ1) is 26.0. The van der Waals surface area contributed by atoms with E-state index in [1.165, 1.54) is 18.4 Å². The van der Waals surface area contributed by atoms with Gasteiger partial charge in [-0.15, -0.1) is 0 Å². The molecule has 1 aliphatic carbocycles. The lowest BCUT2D eigenvalue weighted by Crippen LogP contribution is -2.38. The number of ether oxygens (including phenoxy) is 3. The second-order valence-electron chi connectivity index (χ2n) is 9.11. The molecular formula is C29H32N2O6. The first-order valence-corrected chi connectivity index (χ1v) is 12.4. The number of hydrogen-bond donors (Lipinski definition) is 1. The molecule has 8 nitrogen and oxygen atoms in total. The van der Waals surface area contributed by atoms with Crippen molar-refractivity contribution in [3.05, 3.63) is 70.9 Å². The molecule has 2 amide bonds. The molecule has 0 bridgehead atoms. The molecule has 0 spiro atoms. The van der Waals surface area contributed by atoms with Crippen molar-refractivity contribution >= 4 is 29.5 Å². The molecule has 1 fully saturated rings. The van der Waals surface area contributed by atoms with Gasteiger partial charge in [0, 0.05) is 17.4 Å². The molecule has 1 saturated carbocycles. The summed E-state index contributed by atoms with van der Waals surface area (Å²) in [4.78, 5) is 39.7. The summed E-state index contributed by atoms with van der Waals surface area (Å²) in [5.74, 6) is 0.157. The first-order valence-electron chi connectivity index (χ1n) is 12.4. The van der Waals surface area contributed by atoms with E-state index in [0.29, 0.717) is 28.4 Å². The Morgan fingerprint density at radius 3 is 2.24 bits per heavy atom. The van der Waals surface area contributed by atoms with E-state index < -0.39 is 5.97 Å². The lowest BCUT2D eigenvalue weighted by atomic mass is 9.95. The summed E-state index contributed by atoms with van der Waals surface area (Å²) in [5, 5.41) is 3.03. The minimum Gasteiger partial charge on any atom is -0.497 e. The van der Waals surface area contributed by atoms with Crippen LogP contribution in [0.3, 0.4) is 0 Å². The van der Waals surface area contributed by atoms with Gasteiger partial charge in [-0.2, -0.15) is 0 Å². The van der Waals surface area contributed by atoms with Crippen LogP contribution in [-0.4, -0.2) is 44.7 Å². The Hall–Kier alpha value is -4.07. The number of rotatable bonds is 8. The molecule has 194 valence electrons. The van der Waals surface area contributed by atoms with Gasteiger partial charge in [0.1, 0.15) is 11.5 Å². The van der Waals surface area contributed by atoms with Crippen LogP contribution < -0.4 is 19.7 Å². The van der Waals surface area contributed by atoms with Gasteiger partial charge in [-0.05, 0) is 67.8 Å². The second-order valence-corrected chi connectivity index (χ2v) is 9.11. The highest BCUT2D eigenvalue weighted by Gasteiger charge is 2.37. The second kappa shape index (κ2) is 11.8. The van der Waals surface area contributed by atoms with Crippen molar-refractivity contribution in [2.45, 2.75) is 45.1 Å². The number of esters is 1. The predicted octanol–water partition coefficient (Wildman–Crippen LogP) is 4.40. The third kappa shape index (κ3) is 6.02. The van der Waals surface area contributed by atoms with Crippen LogP contribution in [0.25, 0.3) is 6.08 Å². The zero-order valence-corrected chi connectivity index (χ0v) is 21.4. The summed E-state index contributed by atoms with van der Waals surface area (Å²) in [7, 11) is 2.86. The molecule has 1 N–H and O–H groups in total. The molecule has 2 aromatic rings. The van der Waals surface area contributed by atoms with Crippen molar-refractivity contribution in [2.24, 2.45) is 0 Å². The number of carbonyl (C=O) groups excluding carboxylic acids is 3. The molecule has 0 saturated heterocycles. The smallest absolute Gasteiger partial charge is 0.340 e. The molecule has 2 aliphatic rings. The first-order chi connectivity index (χ1) is 17.9. The van der Waals surface area contributed by atoms with E-state index in [4.69, 9.17) is 14.2 Å². The normalized spacial score (nSPS) is 17.2. The lowest BCUT2D eigenvalue weighted by Gasteiger charge is -2.22. The quantitative estimate of drug-likeness (QED) is 0.423. The van der Waals surface area contributed by atoms with Crippen molar-refractivity contribution in [1.29, 1.82) is 0 Å². The Labute approximate surface area is 216 Å². The zero-order chi connectivity index (χ0) is 26.4. The highest BCUT2D eigenvalue weighted by molar-refractivity contribution is 6.23. The molecule has 37 heavy (non-hydrogen) atoms. The Bertz CT molecular complexity index is 1210. The molecule has 0 aromatic heterocycles. The number of anilines is 1. The number of hydrogen-bond acceptors (Lipinski definition) is 6. The third-order valence-electron chi connectivity index (χ3n) is 6.65. The molecule has 0 radical (unpaired) electrons. The van der Waals surface area contributed by atoms with E-state index in [9.17, 15) is 14.4 Å². The summed E-state index contributed by atoms with van der Waals surface area (Å²) in [5.41, 5.74) is 2.25. The van der Waals surface area contributed by atoms with Crippen LogP contribution >= 0.6 is 0 Å². The highest BCUT2D eigenvalue weighted by atomic mass is 16.5. The average molecular weight is 505 g/mol. The maximum atomic E-state index is 13.4. The zero-order valence-electron chi connectivity index (χ0n) is 21.4. The van der Waals surface area contributed by atoms with E-state index in [2.05, 4.69) is 5.32 Å². The van der Waals surface area contributed by atoms with Crippen molar-refractivity contribution in [3.8, 4) is 11.5 Å². The molecule has 2 aromatic carbocycles. The number of amides is 2. The van der Waals surface area contributed by atoms with E-state index in [-0.39, 0.29) is 35.6 Å². The topological polar surface area (TPSA) is 94.2 Å². The van der Waals surface area contributed by atoms with Gasteiger partial charge in [-0.1, -0.05) is 31.4 Å². The van der Waals surface area contributed by atoms with Crippen molar-refractivity contribution in [3.63, 3.8) is 0 Å². The standard InChI is InChI=1S/C29H32N2O6/c1-19-27(29(34)36-3)25(28(33)31(19)22-11-15-23(35-2)16-12-22)17-20-9-13-24(14-10-20)37-18-26(32)30-21-7-5-4-6-8-21/h9-17,21H,4-8,18H2,1-3H3,(H,30,32)/b25-17-. The molecule has 0 atom stereocenters. The summed E-state index contributed by atoms with van der Waals surface area (Å²) < 4.78 is 15.8. The number of carbonyl (C=O) groups is 3. The van der Waals surface area contributed by atoms with Gasteiger partial charge in [-0.3, -0.25) is 14.5 Å². The summed E-state index contributed by atoms with van der Waals surface area (Å²) in [6.45, 7) is 1.66. The van der Waals surface area contributed by atoms with Gasteiger partial charge >= 0.3 is 5.97 Å². The Balaban J connectivity index is 1.48. The molecule has 1 heterocycles. The van der Waals surface area contributed by atoms with Gasteiger partial charge < -0.3 is 19.5 Å². The van der Waals surface area contributed by atoms with Gasteiger partial charge in [0.05, 0.1) is 25.4 Å². The van der Waals surface area contributed by atoms with Crippen LogP contribution in [0.5, 0.6) is 11.5 Å². The van der Waals surface area contributed by atoms with E-state index in [1.54, 1.807) is 68.6 Å². The van der Waals surface area contributed by atoms with Crippen LogP contribution in [-0.2, 0) is 19.1 Å². The maximum Gasteiger partial charge on any atom is 0.340 e. The van der Waals surface area contributed by atoms with E-state index in [1.807, 2.05) is 0 Å². The van der Waals surface area contributed by atoms with Gasteiger partial charge in [0.2, 0.25) is 0 Å². The SMILES string of the molecule is COC(=O)C1=C(C)N(c2ccc(OC)cc2)C(=O)/C1=C\c1ccc(OCC(=O)NC2CCCCC2)cc1. The monoisotopic (exact) mass is 504 g/mol. The van der Waals surface area contributed by atoms with Gasteiger partial charge in [-0.25, -0.2) is 4.79 Å². The molecule has 4 rings (SSSR count). The van der Waals surface area contributed by atoms with Crippen LogP contribution in [0.1, 0.15) is 44.6 Å². The van der Waals surface area contributed by atoms with Crippen molar-refractivity contribution < 1.29 is 28.6 Å². The average Bonchev–Trinajstić information content (AvgIpc) is 3.17. The third-order valence-corrected chi connectivity index (χ3v) is 6.65. The Morgan fingerprint density at radius 2 is 1.62 bits per heavy atom. The Morgan fingerprint density at radius 1 is 0.973 bits per heavy atom. The number of benzene rings is 2. The van der Waals surface area contributed by atoms with Crippen molar-refractivity contribution in [1.82, 2.24) is 5.32 Å². The number of allylic oxidation sites excluding steroid dienone is 1. The summed E-state index contributed by atoms with van der Waals surface area (Å²) in [6, 6.07) is 14.3.